The molecule has 0 bridgehead atoms. The first-order valence-electron chi connectivity index (χ1n) is 12.2. The van der Waals surface area contributed by atoms with Crippen molar-refractivity contribution < 1.29 is 4.79 Å². The van der Waals surface area contributed by atoms with E-state index >= 15 is 0 Å². The lowest BCUT2D eigenvalue weighted by molar-refractivity contribution is -0.115. The van der Waals surface area contributed by atoms with Crippen molar-refractivity contribution in [1.29, 1.82) is 0 Å². The highest BCUT2D eigenvalue weighted by Gasteiger charge is 2.14. The van der Waals surface area contributed by atoms with Gasteiger partial charge in [-0.05, 0) is 41.5 Å². The quantitative estimate of drug-likeness (QED) is 0.252. The Bertz CT molecular complexity index is 1720. The maximum atomic E-state index is 11.9. The maximum Gasteiger partial charge on any atom is 0.224 e. The van der Waals surface area contributed by atoms with Crippen LogP contribution in [0.1, 0.15) is 18.9 Å². The van der Waals surface area contributed by atoms with Gasteiger partial charge in [0.05, 0.1) is 23.6 Å². The number of carbonyl (C=O) groups excluding carboxylic acids is 1. The molecule has 0 saturated heterocycles. The first-order valence-corrected chi connectivity index (χ1v) is 12.2. The zero-order chi connectivity index (χ0) is 25.2. The Morgan fingerprint density at radius 1 is 0.973 bits per heavy atom. The van der Waals surface area contributed by atoms with Crippen LogP contribution in [0, 0.1) is 0 Å². The summed E-state index contributed by atoms with van der Waals surface area (Å²) >= 11 is 0. The Balaban J connectivity index is 1.32. The number of aromatic amines is 1. The van der Waals surface area contributed by atoms with Gasteiger partial charge in [0, 0.05) is 34.9 Å². The first kappa shape index (κ1) is 22.5. The number of fused-ring (bicyclic) bond motifs is 2. The number of H-pyrrole nitrogens is 1. The highest BCUT2D eigenvalue weighted by molar-refractivity contribution is 6.02. The lowest BCUT2D eigenvalue weighted by Crippen LogP contribution is -2.09. The molecule has 3 N–H and O–H groups in total. The number of anilines is 3. The number of nitrogens with zero attached hydrogens (tertiary/aromatic N) is 4. The summed E-state index contributed by atoms with van der Waals surface area (Å²) in [6, 6.07) is 24.3. The van der Waals surface area contributed by atoms with Crippen molar-refractivity contribution in [2.24, 2.45) is 0 Å². The number of benzene rings is 3. The van der Waals surface area contributed by atoms with Crippen molar-refractivity contribution >= 4 is 45.0 Å². The Morgan fingerprint density at radius 2 is 1.86 bits per heavy atom. The molecule has 182 valence electrons. The minimum atomic E-state index is -0.0238. The van der Waals surface area contributed by atoms with Gasteiger partial charge in [0.15, 0.2) is 0 Å². The molecular weight excluding hydrogens is 462 g/mol. The minimum absolute atomic E-state index is 0.0238. The van der Waals surface area contributed by atoms with Crippen LogP contribution >= 0.6 is 0 Å². The highest BCUT2D eigenvalue weighted by Crippen LogP contribution is 2.34. The molecule has 8 heteroatoms. The van der Waals surface area contributed by atoms with Gasteiger partial charge in [-0.2, -0.15) is 5.10 Å². The summed E-state index contributed by atoms with van der Waals surface area (Å²) in [6.07, 6.45) is 5.77. The molecule has 6 rings (SSSR count). The van der Waals surface area contributed by atoms with Crippen molar-refractivity contribution in [2.75, 3.05) is 10.6 Å². The number of carbonyl (C=O) groups is 1. The van der Waals surface area contributed by atoms with Crippen LogP contribution in [-0.2, 0) is 11.3 Å². The summed E-state index contributed by atoms with van der Waals surface area (Å²) < 4.78 is 2.01. The predicted molar refractivity (Wildman–Crippen MR) is 147 cm³/mol. The maximum absolute atomic E-state index is 11.9. The van der Waals surface area contributed by atoms with Crippen LogP contribution < -0.4 is 10.6 Å². The number of aromatic nitrogens is 5. The zero-order valence-corrected chi connectivity index (χ0v) is 20.3. The van der Waals surface area contributed by atoms with E-state index in [1.807, 2.05) is 72.5 Å². The van der Waals surface area contributed by atoms with Crippen molar-refractivity contribution in [3.8, 4) is 11.1 Å². The largest absolute Gasteiger partial charge is 0.345 e. The molecule has 0 spiro atoms. The van der Waals surface area contributed by atoms with Gasteiger partial charge in [-0.25, -0.2) is 9.97 Å². The summed E-state index contributed by atoms with van der Waals surface area (Å²) in [5.41, 5.74) is 6.56. The van der Waals surface area contributed by atoms with Crippen molar-refractivity contribution in [3.63, 3.8) is 0 Å². The van der Waals surface area contributed by atoms with Crippen LogP contribution in [0.2, 0.25) is 0 Å². The van der Waals surface area contributed by atoms with Gasteiger partial charge >= 0.3 is 0 Å². The van der Waals surface area contributed by atoms with Crippen LogP contribution in [0.3, 0.4) is 0 Å². The second-order valence-corrected chi connectivity index (χ2v) is 8.82. The topological polar surface area (TPSA) is 101 Å². The second-order valence-electron chi connectivity index (χ2n) is 8.82. The number of rotatable bonds is 7. The van der Waals surface area contributed by atoms with E-state index in [-0.39, 0.29) is 5.91 Å². The molecule has 0 aliphatic carbocycles. The molecule has 37 heavy (non-hydrogen) atoms. The molecule has 0 radical (unpaired) electrons. The second kappa shape index (κ2) is 9.58. The van der Waals surface area contributed by atoms with E-state index in [0.29, 0.717) is 18.8 Å². The van der Waals surface area contributed by atoms with Gasteiger partial charge in [-0.1, -0.05) is 49.4 Å². The Kier molecular flexibility index (Phi) is 5.82. The predicted octanol–water partition coefficient (Wildman–Crippen LogP) is 6.12. The van der Waals surface area contributed by atoms with Crippen LogP contribution in [0.15, 0.2) is 91.5 Å². The number of amides is 1. The van der Waals surface area contributed by atoms with Gasteiger partial charge in [0.2, 0.25) is 5.91 Å². The molecule has 0 saturated carbocycles. The molecule has 3 aromatic carbocycles. The smallest absolute Gasteiger partial charge is 0.224 e. The van der Waals surface area contributed by atoms with Crippen LogP contribution in [0.4, 0.5) is 17.2 Å². The summed E-state index contributed by atoms with van der Waals surface area (Å²) in [5, 5.41) is 12.9. The third kappa shape index (κ3) is 4.52. The molecule has 0 fully saturated rings. The van der Waals surface area contributed by atoms with E-state index in [4.69, 9.17) is 0 Å². The zero-order valence-electron chi connectivity index (χ0n) is 20.3. The molecule has 3 heterocycles. The van der Waals surface area contributed by atoms with Crippen molar-refractivity contribution in [1.82, 2.24) is 24.7 Å². The van der Waals surface area contributed by atoms with E-state index in [2.05, 4.69) is 54.9 Å². The van der Waals surface area contributed by atoms with E-state index in [1.54, 1.807) is 6.33 Å². The first-order chi connectivity index (χ1) is 18.2. The Morgan fingerprint density at radius 3 is 2.73 bits per heavy atom. The van der Waals surface area contributed by atoms with Crippen molar-refractivity contribution in [3.05, 3.63) is 97.1 Å². The molecule has 3 aromatic heterocycles. The average Bonchev–Trinajstić information content (AvgIpc) is 3.54. The molecule has 0 aliphatic heterocycles. The standard InChI is InChI=1S/C29H25N7O/c1-2-26(37)34-22-10-6-9-20(13-22)24-16-30-28-27(24)29(32-18-31-28)35-23-11-12-25-21(14-23)15-33-36(25)17-19-7-4-3-5-8-19/h3-16,18H,2,17H2,1H3,(H,34,37)(H2,30,31,32,35). The van der Waals surface area contributed by atoms with Crippen LogP contribution in [-0.4, -0.2) is 30.6 Å². The molecule has 6 aromatic rings. The SMILES string of the molecule is CCC(=O)Nc1cccc(-c2c[nH]c3ncnc(Nc4ccc5c(cnn5Cc5ccccc5)c4)c23)c1. The fraction of sp³-hybridized carbons (Fsp3) is 0.103. The number of hydrogen-bond acceptors (Lipinski definition) is 5. The van der Waals surface area contributed by atoms with Crippen LogP contribution in [0.5, 0.6) is 0 Å². The van der Waals surface area contributed by atoms with Gasteiger partial charge in [-0.3, -0.25) is 9.48 Å². The molecule has 8 nitrogen and oxygen atoms in total. The van der Waals surface area contributed by atoms with Crippen molar-refractivity contribution in [2.45, 2.75) is 19.9 Å². The van der Waals surface area contributed by atoms with Crippen LogP contribution in [0.25, 0.3) is 33.1 Å². The monoisotopic (exact) mass is 487 g/mol. The molecule has 0 unspecified atom stereocenters. The normalized spacial score (nSPS) is 11.2. The summed E-state index contributed by atoms with van der Waals surface area (Å²) in [7, 11) is 0. The number of nitrogens with one attached hydrogen (secondary N) is 3. The molecule has 0 aliphatic rings. The van der Waals surface area contributed by atoms with Gasteiger partial charge in [0.25, 0.3) is 0 Å². The Labute approximate surface area is 213 Å². The fourth-order valence-corrected chi connectivity index (χ4v) is 4.48. The van der Waals surface area contributed by atoms with E-state index < -0.39 is 0 Å². The lowest BCUT2D eigenvalue weighted by Gasteiger charge is -2.10. The highest BCUT2D eigenvalue weighted by atomic mass is 16.1. The minimum Gasteiger partial charge on any atom is -0.345 e. The van der Waals surface area contributed by atoms with E-state index in [0.717, 1.165) is 44.4 Å². The third-order valence-electron chi connectivity index (χ3n) is 6.33. The summed E-state index contributed by atoms with van der Waals surface area (Å²) in [6.45, 7) is 2.55. The lowest BCUT2D eigenvalue weighted by atomic mass is 10.1. The number of hydrogen-bond donors (Lipinski definition) is 3. The molecular formula is C29H25N7O. The molecule has 1 amide bonds. The van der Waals surface area contributed by atoms with Gasteiger partial charge < -0.3 is 15.6 Å². The summed E-state index contributed by atoms with van der Waals surface area (Å²) in [4.78, 5) is 24.1. The van der Waals surface area contributed by atoms with Gasteiger partial charge in [0.1, 0.15) is 17.8 Å². The summed E-state index contributed by atoms with van der Waals surface area (Å²) in [5.74, 6) is 0.671. The Hall–Kier alpha value is -4.98. The van der Waals surface area contributed by atoms with Gasteiger partial charge in [-0.15, -0.1) is 0 Å². The third-order valence-corrected chi connectivity index (χ3v) is 6.33. The average molecular weight is 488 g/mol. The van der Waals surface area contributed by atoms with E-state index in [1.165, 1.54) is 5.56 Å². The molecule has 0 atom stereocenters. The fourth-order valence-electron chi connectivity index (χ4n) is 4.48. The van der Waals surface area contributed by atoms with E-state index in [9.17, 15) is 4.79 Å².